The Morgan fingerprint density at radius 2 is 1.95 bits per heavy atom. The number of nitrogens with zero attached hydrogens (tertiary/aromatic N) is 6. The summed E-state index contributed by atoms with van der Waals surface area (Å²) >= 11 is 9.65. The molecule has 3 N–H and O–H groups in total. The maximum Gasteiger partial charge on any atom is 0.411 e. The van der Waals surface area contributed by atoms with Crippen LogP contribution in [0.3, 0.4) is 0 Å². The fraction of sp³-hybridized carbons (Fsp3) is 0.308. The van der Waals surface area contributed by atoms with Gasteiger partial charge in [0, 0.05) is 10.9 Å². The zero-order chi connectivity index (χ0) is 30.1. The molecule has 2 aromatic carbocycles. The van der Waals surface area contributed by atoms with Gasteiger partial charge in [-0.15, -0.1) is 0 Å². The van der Waals surface area contributed by atoms with Crippen molar-refractivity contribution in [3.8, 4) is 11.8 Å². The Kier molecular flexibility index (Phi) is 8.44. The van der Waals surface area contributed by atoms with Crippen LogP contribution in [0.2, 0.25) is 5.02 Å². The Bertz CT molecular complexity index is 1560. The monoisotopic (exact) mass is 649 g/mol. The van der Waals surface area contributed by atoms with Crippen LogP contribution >= 0.6 is 27.5 Å². The number of carbonyl (C=O) groups excluding carboxylic acids is 1. The topological polar surface area (TPSA) is 157 Å². The van der Waals surface area contributed by atoms with Crippen molar-refractivity contribution in [2.45, 2.75) is 38.3 Å². The predicted molar refractivity (Wildman–Crippen MR) is 146 cm³/mol. The summed E-state index contributed by atoms with van der Waals surface area (Å²) in [5.41, 5.74) is -2.23. The van der Waals surface area contributed by atoms with E-state index in [0.29, 0.717) is 10.0 Å². The van der Waals surface area contributed by atoms with Crippen molar-refractivity contribution in [3.63, 3.8) is 0 Å². The standard InChI is InChI=1S/C26H23BrClF2N7O4/c1-25(2,12-31)11-26(15-4-6-16(27)7-5-15)22(39)36(23(35-26)34-24(40)41)19(10-38)14-3-8-17(28)18(9-14)37-21(20(29)30)32-13-33-37/h3-9,13,19-20,38H,10-11H2,1-2H3,(H,34,35)(H,40,41)/t19-,26?/m1/s1. The second-order valence-corrected chi connectivity index (χ2v) is 11.1. The van der Waals surface area contributed by atoms with Gasteiger partial charge < -0.3 is 10.2 Å². The SMILES string of the molecule is CC(C)(C#N)CC1(c2ccc(Br)cc2)N=C(NC(=O)O)N([C@H](CO)c2ccc(Cl)c(-n3ncnc3C(F)F)c2)C1=O. The molecule has 0 saturated carbocycles. The van der Waals surface area contributed by atoms with Crippen molar-refractivity contribution in [1.82, 2.24) is 25.0 Å². The van der Waals surface area contributed by atoms with E-state index in [4.69, 9.17) is 11.6 Å². The van der Waals surface area contributed by atoms with E-state index in [9.17, 15) is 33.8 Å². The van der Waals surface area contributed by atoms with Crippen LogP contribution in [-0.4, -0.2) is 54.4 Å². The highest BCUT2D eigenvalue weighted by Crippen LogP contribution is 2.45. The first kappa shape index (κ1) is 30.0. The molecular formula is C26H23BrClF2N7O4. The first-order chi connectivity index (χ1) is 19.3. The molecule has 1 aromatic heterocycles. The van der Waals surface area contributed by atoms with E-state index in [0.717, 1.165) is 15.9 Å². The molecule has 0 fully saturated rings. The number of aromatic nitrogens is 3. The fourth-order valence-electron chi connectivity index (χ4n) is 4.68. The minimum absolute atomic E-state index is 0.00321. The largest absolute Gasteiger partial charge is 0.465 e. The number of nitriles is 1. The van der Waals surface area contributed by atoms with Crippen LogP contribution in [0.5, 0.6) is 0 Å². The average molecular weight is 651 g/mol. The van der Waals surface area contributed by atoms with Crippen molar-refractivity contribution in [2.24, 2.45) is 10.4 Å². The quantitative estimate of drug-likeness (QED) is 0.311. The smallest absolute Gasteiger partial charge is 0.411 e. The second kappa shape index (κ2) is 11.5. The number of amides is 2. The van der Waals surface area contributed by atoms with E-state index >= 15 is 0 Å². The molecule has 0 aliphatic carbocycles. The lowest BCUT2D eigenvalue weighted by Gasteiger charge is -2.33. The third kappa shape index (κ3) is 5.79. The molecule has 0 saturated heterocycles. The summed E-state index contributed by atoms with van der Waals surface area (Å²) in [4.78, 5) is 35.3. The minimum Gasteiger partial charge on any atom is -0.465 e. The summed E-state index contributed by atoms with van der Waals surface area (Å²) in [5, 5.41) is 35.9. The van der Waals surface area contributed by atoms with Crippen LogP contribution in [0.15, 0.2) is 58.3 Å². The molecular weight excluding hydrogens is 628 g/mol. The van der Waals surface area contributed by atoms with E-state index in [2.05, 4.69) is 42.4 Å². The van der Waals surface area contributed by atoms with Gasteiger partial charge in [-0.25, -0.2) is 28.2 Å². The molecule has 1 aliphatic heterocycles. The van der Waals surface area contributed by atoms with E-state index in [-0.39, 0.29) is 28.7 Å². The van der Waals surface area contributed by atoms with Gasteiger partial charge in [-0.1, -0.05) is 45.7 Å². The molecule has 2 heterocycles. The Labute approximate surface area is 246 Å². The lowest BCUT2D eigenvalue weighted by Crippen LogP contribution is -2.49. The molecule has 214 valence electrons. The minimum atomic E-state index is -2.97. The summed E-state index contributed by atoms with van der Waals surface area (Å²) in [6, 6.07) is 11.7. The molecule has 15 heteroatoms. The summed E-state index contributed by atoms with van der Waals surface area (Å²) in [6.45, 7) is 2.53. The van der Waals surface area contributed by atoms with E-state index in [1.807, 2.05) is 0 Å². The number of hydrogen-bond donors (Lipinski definition) is 3. The fourth-order valence-corrected chi connectivity index (χ4v) is 5.14. The number of aliphatic hydroxyl groups is 1. The molecule has 0 bridgehead atoms. The van der Waals surface area contributed by atoms with Crippen molar-refractivity contribution in [1.29, 1.82) is 5.26 Å². The Morgan fingerprint density at radius 3 is 2.54 bits per heavy atom. The van der Waals surface area contributed by atoms with Crippen LogP contribution in [-0.2, 0) is 10.3 Å². The molecule has 0 spiro atoms. The zero-order valence-electron chi connectivity index (χ0n) is 21.6. The Morgan fingerprint density at radius 1 is 1.27 bits per heavy atom. The van der Waals surface area contributed by atoms with Crippen LogP contribution in [0.25, 0.3) is 5.69 Å². The number of guanidine groups is 1. The van der Waals surface area contributed by atoms with Crippen LogP contribution in [0.1, 0.15) is 49.7 Å². The Balaban J connectivity index is 1.89. The summed E-state index contributed by atoms with van der Waals surface area (Å²) in [7, 11) is 0. The lowest BCUT2D eigenvalue weighted by molar-refractivity contribution is -0.134. The van der Waals surface area contributed by atoms with E-state index in [1.54, 1.807) is 38.1 Å². The number of alkyl halides is 2. The number of nitrogens with one attached hydrogen (secondary N) is 1. The molecule has 3 aromatic rings. The van der Waals surface area contributed by atoms with Gasteiger partial charge in [0.15, 0.2) is 11.4 Å². The second-order valence-electron chi connectivity index (χ2n) is 9.82. The van der Waals surface area contributed by atoms with Crippen molar-refractivity contribution < 1.29 is 28.6 Å². The van der Waals surface area contributed by atoms with Gasteiger partial charge in [-0.05, 0) is 49.2 Å². The number of aliphatic hydroxyl groups excluding tert-OH is 1. The Hall–Kier alpha value is -3.93. The first-order valence-electron chi connectivity index (χ1n) is 12.0. The van der Waals surface area contributed by atoms with Crippen molar-refractivity contribution in [3.05, 3.63) is 75.2 Å². The van der Waals surface area contributed by atoms with Gasteiger partial charge in [-0.2, -0.15) is 10.4 Å². The van der Waals surface area contributed by atoms with Gasteiger partial charge in [0.1, 0.15) is 6.33 Å². The highest BCUT2D eigenvalue weighted by molar-refractivity contribution is 9.10. The molecule has 11 nitrogen and oxygen atoms in total. The summed E-state index contributed by atoms with van der Waals surface area (Å²) in [6.07, 6.45) is -3.69. The van der Waals surface area contributed by atoms with Gasteiger partial charge >= 0.3 is 6.09 Å². The summed E-state index contributed by atoms with van der Waals surface area (Å²) in [5.74, 6) is -1.77. The van der Waals surface area contributed by atoms with Crippen molar-refractivity contribution >= 4 is 45.5 Å². The van der Waals surface area contributed by atoms with Gasteiger partial charge in [0.2, 0.25) is 5.96 Å². The number of carbonyl (C=O) groups is 2. The zero-order valence-corrected chi connectivity index (χ0v) is 23.9. The third-order valence-corrected chi connectivity index (χ3v) is 7.32. The van der Waals surface area contributed by atoms with Crippen LogP contribution in [0.4, 0.5) is 13.6 Å². The van der Waals surface area contributed by atoms with Crippen LogP contribution in [0, 0.1) is 16.7 Å². The van der Waals surface area contributed by atoms with Crippen molar-refractivity contribution in [2.75, 3.05) is 6.61 Å². The number of aliphatic imine (C=N–C) groups is 1. The number of hydrogen-bond acceptors (Lipinski definition) is 7. The normalized spacial score (nSPS) is 17.9. The molecule has 41 heavy (non-hydrogen) atoms. The predicted octanol–water partition coefficient (Wildman–Crippen LogP) is 4.96. The van der Waals surface area contributed by atoms with E-state index in [1.165, 1.54) is 18.2 Å². The van der Waals surface area contributed by atoms with E-state index < -0.39 is 47.9 Å². The first-order valence-corrected chi connectivity index (χ1v) is 13.2. The maximum absolute atomic E-state index is 14.4. The number of carboxylic acid groups (broad SMARTS) is 1. The third-order valence-electron chi connectivity index (χ3n) is 6.48. The maximum atomic E-state index is 14.4. The van der Waals surface area contributed by atoms with Gasteiger partial charge in [0.25, 0.3) is 12.3 Å². The molecule has 4 rings (SSSR count). The van der Waals surface area contributed by atoms with Gasteiger partial charge in [0.05, 0.1) is 34.8 Å². The molecule has 1 aliphatic rings. The molecule has 1 unspecified atom stereocenters. The number of rotatable bonds is 8. The van der Waals surface area contributed by atoms with Gasteiger partial charge in [-0.3, -0.25) is 15.0 Å². The average Bonchev–Trinajstić information content (AvgIpc) is 3.50. The number of halogens is 4. The van der Waals surface area contributed by atoms with Crippen LogP contribution < -0.4 is 5.32 Å². The lowest BCUT2D eigenvalue weighted by atomic mass is 9.75. The molecule has 2 amide bonds. The molecule has 0 radical (unpaired) electrons. The summed E-state index contributed by atoms with van der Waals surface area (Å²) < 4.78 is 28.6. The highest BCUT2D eigenvalue weighted by atomic mass is 79.9. The number of benzene rings is 2. The molecule has 2 atom stereocenters. The highest BCUT2D eigenvalue weighted by Gasteiger charge is 2.54.